The summed E-state index contributed by atoms with van der Waals surface area (Å²) < 4.78 is 5.22. The molecule has 0 bridgehead atoms. The van der Waals surface area contributed by atoms with Gasteiger partial charge >= 0.3 is 0 Å². The fourth-order valence-electron chi connectivity index (χ4n) is 3.02. The van der Waals surface area contributed by atoms with Gasteiger partial charge < -0.3 is 10.1 Å². The van der Waals surface area contributed by atoms with Gasteiger partial charge in [0.1, 0.15) is 10.8 Å². The van der Waals surface area contributed by atoms with Crippen LogP contribution in [-0.4, -0.2) is 19.1 Å². The van der Waals surface area contributed by atoms with Gasteiger partial charge in [0.25, 0.3) is 0 Å². The smallest absolute Gasteiger partial charge is 0.123 e. The lowest BCUT2D eigenvalue weighted by Crippen LogP contribution is -2.30. The van der Waals surface area contributed by atoms with Gasteiger partial charge in [-0.05, 0) is 49.6 Å². The topological polar surface area (TPSA) is 34.2 Å². The molecule has 1 N–H and O–H groups in total. The third-order valence-corrected chi connectivity index (χ3v) is 5.39. The molecule has 2 aromatic rings. The molecule has 3 nitrogen and oxygen atoms in total. The van der Waals surface area contributed by atoms with E-state index in [0.717, 1.165) is 17.2 Å². The molecule has 0 spiro atoms. The van der Waals surface area contributed by atoms with E-state index in [9.17, 15) is 0 Å². The van der Waals surface area contributed by atoms with Gasteiger partial charge in [0.05, 0.1) is 12.8 Å². The number of rotatable bonds is 3. The van der Waals surface area contributed by atoms with Crippen molar-refractivity contribution in [1.29, 1.82) is 0 Å². The van der Waals surface area contributed by atoms with Crippen LogP contribution in [0, 0.1) is 5.41 Å². The van der Waals surface area contributed by atoms with Crippen molar-refractivity contribution in [3.63, 3.8) is 0 Å². The fraction of sp³-hybridized carbons (Fsp3) is 0.471. The summed E-state index contributed by atoms with van der Waals surface area (Å²) in [4.78, 5) is 6.31. The first-order valence-electron chi connectivity index (χ1n) is 7.34. The van der Waals surface area contributed by atoms with E-state index in [1.54, 1.807) is 7.11 Å². The number of nitrogens with zero attached hydrogens (tertiary/aromatic N) is 1. The van der Waals surface area contributed by atoms with Gasteiger partial charge in [-0.25, -0.2) is 4.98 Å². The van der Waals surface area contributed by atoms with Crippen LogP contribution in [0.1, 0.15) is 36.9 Å². The summed E-state index contributed by atoms with van der Waals surface area (Å²) >= 11 is 1.82. The Morgan fingerprint density at radius 1 is 1.29 bits per heavy atom. The normalized spacial score (nSPS) is 20.1. The predicted molar refractivity (Wildman–Crippen MR) is 88.0 cm³/mol. The van der Waals surface area contributed by atoms with Crippen molar-refractivity contribution in [3.05, 3.63) is 34.8 Å². The van der Waals surface area contributed by atoms with Crippen molar-refractivity contribution in [2.75, 3.05) is 14.2 Å². The summed E-state index contributed by atoms with van der Waals surface area (Å²) in [6.07, 6.45) is 2.23. The van der Waals surface area contributed by atoms with Crippen LogP contribution in [0.2, 0.25) is 0 Å². The second-order valence-electron chi connectivity index (χ2n) is 6.44. The van der Waals surface area contributed by atoms with E-state index in [-0.39, 0.29) is 0 Å². The van der Waals surface area contributed by atoms with Crippen molar-refractivity contribution >= 4 is 11.3 Å². The number of hydrogen-bond donors (Lipinski definition) is 1. The molecule has 0 aliphatic heterocycles. The Hall–Kier alpha value is -1.39. The monoisotopic (exact) mass is 302 g/mol. The van der Waals surface area contributed by atoms with Gasteiger partial charge in [0, 0.05) is 16.5 Å². The average Bonchev–Trinajstić information content (AvgIpc) is 2.88. The summed E-state index contributed by atoms with van der Waals surface area (Å²) in [6, 6.07) is 8.59. The zero-order chi connectivity index (χ0) is 15.0. The molecule has 0 radical (unpaired) electrons. The highest BCUT2D eigenvalue weighted by Gasteiger charge is 2.34. The molecule has 0 amide bonds. The Bertz CT molecular complexity index is 631. The van der Waals surface area contributed by atoms with E-state index in [2.05, 4.69) is 31.3 Å². The van der Waals surface area contributed by atoms with Gasteiger partial charge in [0.2, 0.25) is 0 Å². The number of benzene rings is 1. The lowest BCUT2D eigenvalue weighted by Gasteiger charge is -2.34. The minimum atomic E-state index is 0.311. The van der Waals surface area contributed by atoms with Gasteiger partial charge in [-0.1, -0.05) is 13.8 Å². The SMILES string of the molecule is CNC1CC(C)(C)Cc2nc(-c3ccc(OC)cc3)sc21. The number of nitrogens with one attached hydrogen (secondary N) is 1. The van der Waals surface area contributed by atoms with Crippen LogP contribution in [0.25, 0.3) is 10.6 Å². The van der Waals surface area contributed by atoms with E-state index in [0.29, 0.717) is 11.5 Å². The van der Waals surface area contributed by atoms with Crippen LogP contribution in [-0.2, 0) is 6.42 Å². The predicted octanol–water partition coefficient (Wildman–Crippen LogP) is 4.05. The van der Waals surface area contributed by atoms with Gasteiger partial charge in [0.15, 0.2) is 0 Å². The summed E-state index contributed by atoms with van der Waals surface area (Å²) in [5, 5.41) is 4.56. The molecule has 0 fully saturated rings. The molecule has 1 aliphatic rings. The first kappa shape index (κ1) is 14.5. The van der Waals surface area contributed by atoms with Gasteiger partial charge in [-0.2, -0.15) is 0 Å². The number of thiazole rings is 1. The molecule has 1 aliphatic carbocycles. The Labute approximate surface area is 130 Å². The van der Waals surface area contributed by atoms with E-state index in [1.807, 2.05) is 30.5 Å². The number of methoxy groups -OCH3 is 1. The Kier molecular flexibility index (Phi) is 3.76. The number of aromatic nitrogens is 1. The third-order valence-electron chi connectivity index (χ3n) is 4.13. The number of ether oxygens (including phenoxy) is 1. The van der Waals surface area contributed by atoms with Crippen molar-refractivity contribution in [3.8, 4) is 16.3 Å². The Morgan fingerprint density at radius 3 is 2.62 bits per heavy atom. The maximum atomic E-state index is 5.22. The van der Waals surface area contributed by atoms with Crippen LogP contribution in [0.5, 0.6) is 5.75 Å². The number of hydrogen-bond acceptors (Lipinski definition) is 4. The molecule has 112 valence electrons. The summed E-state index contributed by atoms with van der Waals surface area (Å²) in [5.74, 6) is 0.884. The Morgan fingerprint density at radius 2 is 2.00 bits per heavy atom. The minimum Gasteiger partial charge on any atom is -0.497 e. The zero-order valence-corrected chi connectivity index (χ0v) is 13.9. The van der Waals surface area contributed by atoms with Crippen LogP contribution >= 0.6 is 11.3 Å². The molecule has 21 heavy (non-hydrogen) atoms. The lowest BCUT2D eigenvalue weighted by atomic mass is 9.76. The van der Waals surface area contributed by atoms with Crippen LogP contribution in [0.4, 0.5) is 0 Å². The molecule has 1 heterocycles. The first-order chi connectivity index (χ1) is 10.0. The molecular weight excluding hydrogens is 280 g/mol. The fourth-order valence-corrected chi connectivity index (χ4v) is 4.22. The van der Waals surface area contributed by atoms with Gasteiger partial charge in [-0.15, -0.1) is 11.3 Å². The molecule has 3 rings (SSSR count). The third kappa shape index (κ3) is 2.83. The molecule has 1 aromatic carbocycles. The maximum absolute atomic E-state index is 5.22. The molecule has 1 unspecified atom stereocenters. The highest BCUT2D eigenvalue weighted by molar-refractivity contribution is 7.15. The molecule has 0 saturated heterocycles. The lowest BCUT2D eigenvalue weighted by molar-refractivity contribution is 0.265. The van der Waals surface area contributed by atoms with E-state index >= 15 is 0 Å². The van der Waals surface area contributed by atoms with Crippen molar-refractivity contribution in [2.24, 2.45) is 5.41 Å². The molecular formula is C17H22N2OS. The Balaban J connectivity index is 1.97. The van der Waals surface area contributed by atoms with Crippen LogP contribution in [0.3, 0.4) is 0 Å². The quantitative estimate of drug-likeness (QED) is 0.928. The zero-order valence-electron chi connectivity index (χ0n) is 13.1. The van der Waals surface area contributed by atoms with Crippen molar-refractivity contribution in [1.82, 2.24) is 10.3 Å². The van der Waals surface area contributed by atoms with Crippen LogP contribution in [0.15, 0.2) is 24.3 Å². The highest BCUT2D eigenvalue weighted by atomic mass is 32.1. The molecule has 0 saturated carbocycles. The van der Waals surface area contributed by atoms with Crippen molar-refractivity contribution in [2.45, 2.75) is 32.7 Å². The van der Waals surface area contributed by atoms with Crippen molar-refractivity contribution < 1.29 is 4.74 Å². The van der Waals surface area contributed by atoms with Crippen LogP contribution < -0.4 is 10.1 Å². The highest BCUT2D eigenvalue weighted by Crippen LogP contribution is 2.44. The standard InChI is InChI=1S/C17H22N2OS/c1-17(2)9-13(18-3)15-14(10-17)19-16(21-15)11-5-7-12(20-4)8-6-11/h5-8,13,18H,9-10H2,1-4H3. The first-order valence-corrected chi connectivity index (χ1v) is 8.15. The molecule has 1 atom stereocenters. The summed E-state index contributed by atoms with van der Waals surface area (Å²) in [5.41, 5.74) is 2.75. The minimum absolute atomic E-state index is 0.311. The molecule has 4 heteroatoms. The second kappa shape index (κ2) is 5.43. The molecule has 1 aromatic heterocycles. The average molecular weight is 302 g/mol. The summed E-state index contributed by atoms with van der Waals surface area (Å²) in [7, 11) is 3.74. The number of fused-ring (bicyclic) bond motifs is 1. The van der Waals surface area contributed by atoms with E-state index in [4.69, 9.17) is 9.72 Å². The second-order valence-corrected chi connectivity index (χ2v) is 7.48. The van der Waals surface area contributed by atoms with Gasteiger partial charge in [-0.3, -0.25) is 0 Å². The van der Waals surface area contributed by atoms with E-state index in [1.165, 1.54) is 22.6 Å². The largest absolute Gasteiger partial charge is 0.497 e. The summed E-state index contributed by atoms with van der Waals surface area (Å²) in [6.45, 7) is 4.65. The maximum Gasteiger partial charge on any atom is 0.123 e. The van der Waals surface area contributed by atoms with E-state index < -0.39 is 0 Å².